The maximum Gasteiger partial charge on any atom is 0.358 e. The van der Waals surface area contributed by atoms with Crippen molar-refractivity contribution in [3.63, 3.8) is 0 Å². The van der Waals surface area contributed by atoms with Crippen molar-refractivity contribution in [2.24, 2.45) is 0 Å². The van der Waals surface area contributed by atoms with Gasteiger partial charge in [-0.25, -0.2) is 4.79 Å². The highest BCUT2D eigenvalue weighted by Crippen LogP contribution is 2.26. The minimum absolute atomic E-state index is 0.0244. The Morgan fingerprint density at radius 2 is 2.00 bits per heavy atom. The number of nitrogens with zero attached hydrogens (tertiary/aromatic N) is 2. The van der Waals surface area contributed by atoms with Gasteiger partial charge in [-0.05, 0) is 40.0 Å². The molecule has 0 atom stereocenters. The zero-order valence-corrected chi connectivity index (χ0v) is 12.4. The lowest BCUT2D eigenvalue weighted by Gasteiger charge is -2.19. The van der Waals surface area contributed by atoms with Crippen molar-refractivity contribution in [1.29, 1.82) is 0 Å². The van der Waals surface area contributed by atoms with Gasteiger partial charge in [0.15, 0.2) is 5.69 Å². The lowest BCUT2D eigenvalue weighted by atomic mass is 10.2. The number of hydrogen-bond acceptors (Lipinski definition) is 5. The third kappa shape index (κ3) is 3.00. The summed E-state index contributed by atoms with van der Waals surface area (Å²) in [5.41, 5.74) is 1.64. The number of rotatable bonds is 3. The van der Waals surface area contributed by atoms with Gasteiger partial charge in [0, 0.05) is 11.3 Å². The van der Waals surface area contributed by atoms with E-state index in [-0.39, 0.29) is 12.5 Å². The summed E-state index contributed by atoms with van der Waals surface area (Å²) in [6.07, 6.45) is 2.59. The lowest BCUT2D eigenvalue weighted by Crippen LogP contribution is -2.27. The molecule has 1 aromatic rings. The average molecular weight is 280 g/mol. The monoisotopic (exact) mass is 280 g/mol. The molecule has 110 valence electrons. The second-order valence-electron chi connectivity index (χ2n) is 5.86. The van der Waals surface area contributed by atoms with Gasteiger partial charge in [0.25, 0.3) is 0 Å². The number of carbonyl (C=O) groups excluding carboxylic acids is 2. The predicted octanol–water partition coefficient (Wildman–Crippen LogP) is 1.50. The van der Waals surface area contributed by atoms with Crippen LogP contribution in [-0.4, -0.2) is 34.4 Å². The van der Waals surface area contributed by atoms with Crippen LogP contribution in [0.4, 0.5) is 0 Å². The van der Waals surface area contributed by atoms with Crippen molar-refractivity contribution < 1.29 is 19.1 Å². The molecule has 6 nitrogen and oxygen atoms in total. The van der Waals surface area contributed by atoms with Crippen LogP contribution in [0.2, 0.25) is 0 Å². The summed E-state index contributed by atoms with van der Waals surface area (Å²) in [6.45, 7) is 5.48. The minimum atomic E-state index is -0.529. The molecular weight excluding hydrogens is 260 g/mol. The first-order valence-corrected chi connectivity index (χ1v) is 6.70. The highest BCUT2D eigenvalue weighted by Gasteiger charge is 2.28. The van der Waals surface area contributed by atoms with Crippen molar-refractivity contribution in [3.8, 4) is 0 Å². The molecule has 1 aliphatic carbocycles. The normalized spacial score (nSPS) is 14.0. The van der Waals surface area contributed by atoms with E-state index in [1.165, 1.54) is 7.11 Å². The molecule has 0 unspecified atom stereocenters. The maximum absolute atomic E-state index is 11.9. The van der Waals surface area contributed by atoms with Crippen LogP contribution in [0, 0.1) is 0 Å². The zero-order valence-electron chi connectivity index (χ0n) is 12.4. The van der Waals surface area contributed by atoms with Crippen molar-refractivity contribution in [3.05, 3.63) is 17.0 Å². The number of carbonyl (C=O) groups is 2. The zero-order chi connectivity index (χ0) is 14.9. The minimum Gasteiger partial charge on any atom is -0.464 e. The fraction of sp³-hybridized carbons (Fsp3) is 0.643. The molecule has 0 saturated heterocycles. The summed E-state index contributed by atoms with van der Waals surface area (Å²) < 4.78 is 11.6. The Labute approximate surface area is 118 Å². The molecule has 0 aromatic carbocycles. The molecule has 0 amide bonds. The van der Waals surface area contributed by atoms with E-state index < -0.39 is 11.6 Å². The van der Waals surface area contributed by atoms with E-state index in [1.54, 1.807) is 4.68 Å². The fourth-order valence-corrected chi connectivity index (χ4v) is 2.40. The first kappa shape index (κ1) is 14.6. The Hall–Kier alpha value is -1.85. The van der Waals surface area contributed by atoms with E-state index in [0.29, 0.717) is 5.69 Å². The quantitative estimate of drug-likeness (QED) is 0.785. The number of methoxy groups -OCH3 is 1. The van der Waals surface area contributed by atoms with Gasteiger partial charge in [-0.3, -0.25) is 9.48 Å². The molecule has 1 aromatic heterocycles. The average Bonchev–Trinajstić information content (AvgIpc) is 2.89. The van der Waals surface area contributed by atoms with Crippen LogP contribution in [0.25, 0.3) is 0 Å². The Morgan fingerprint density at radius 3 is 2.60 bits per heavy atom. The van der Waals surface area contributed by atoms with Crippen molar-refractivity contribution in [1.82, 2.24) is 9.78 Å². The second kappa shape index (κ2) is 5.26. The summed E-state index contributed by atoms with van der Waals surface area (Å²) in [6, 6.07) is 0. The Balaban J connectivity index is 2.21. The molecule has 0 saturated carbocycles. The smallest absolute Gasteiger partial charge is 0.358 e. The van der Waals surface area contributed by atoms with Crippen LogP contribution in [-0.2, 0) is 33.7 Å². The summed E-state index contributed by atoms with van der Waals surface area (Å²) in [4.78, 5) is 23.6. The van der Waals surface area contributed by atoms with Crippen LogP contribution in [0.1, 0.15) is 48.9 Å². The molecule has 0 spiro atoms. The van der Waals surface area contributed by atoms with Crippen LogP contribution < -0.4 is 0 Å². The second-order valence-corrected chi connectivity index (χ2v) is 5.86. The fourth-order valence-electron chi connectivity index (χ4n) is 2.40. The molecule has 1 aliphatic rings. The van der Waals surface area contributed by atoms with Gasteiger partial charge in [0.05, 0.1) is 7.11 Å². The van der Waals surface area contributed by atoms with Gasteiger partial charge in [0.1, 0.15) is 12.1 Å². The molecule has 0 aliphatic heterocycles. The molecule has 20 heavy (non-hydrogen) atoms. The first-order valence-electron chi connectivity index (χ1n) is 6.70. The summed E-state index contributed by atoms with van der Waals surface area (Å²) >= 11 is 0. The standard InChI is InChI=1S/C14H20N2O4/c1-14(2,3)20-11(17)8-16-10-7-5-6-9(10)12(15-16)13(18)19-4/h5-8H2,1-4H3. The Kier molecular flexibility index (Phi) is 3.83. The van der Waals surface area contributed by atoms with Gasteiger partial charge in [-0.15, -0.1) is 0 Å². The number of ether oxygens (including phenoxy) is 2. The van der Waals surface area contributed by atoms with E-state index >= 15 is 0 Å². The highest BCUT2D eigenvalue weighted by atomic mass is 16.6. The van der Waals surface area contributed by atoms with Crippen LogP contribution in [0.15, 0.2) is 0 Å². The van der Waals surface area contributed by atoms with Gasteiger partial charge in [-0.2, -0.15) is 5.10 Å². The van der Waals surface area contributed by atoms with Gasteiger partial charge >= 0.3 is 11.9 Å². The van der Waals surface area contributed by atoms with Crippen LogP contribution >= 0.6 is 0 Å². The van der Waals surface area contributed by atoms with Crippen LogP contribution in [0.3, 0.4) is 0 Å². The van der Waals surface area contributed by atoms with E-state index in [2.05, 4.69) is 5.10 Å². The number of fused-ring (bicyclic) bond motifs is 1. The lowest BCUT2D eigenvalue weighted by molar-refractivity contribution is -0.155. The third-order valence-electron chi connectivity index (χ3n) is 3.08. The van der Waals surface area contributed by atoms with Gasteiger partial charge in [0.2, 0.25) is 0 Å². The van der Waals surface area contributed by atoms with E-state index in [4.69, 9.17) is 9.47 Å². The van der Waals surface area contributed by atoms with E-state index in [9.17, 15) is 9.59 Å². The van der Waals surface area contributed by atoms with Crippen LogP contribution in [0.5, 0.6) is 0 Å². The largest absolute Gasteiger partial charge is 0.464 e. The molecule has 6 heteroatoms. The SMILES string of the molecule is COC(=O)c1nn(CC(=O)OC(C)(C)C)c2c1CCC2. The summed E-state index contributed by atoms with van der Waals surface area (Å²) in [5.74, 6) is -0.808. The molecule has 0 radical (unpaired) electrons. The maximum atomic E-state index is 11.9. The first-order chi connectivity index (χ1) is 9.31. The van der Waals surface area contributed by atoms with E-state index in [1.807, 2.05) is 20.8 Å². The van der Waals surface area contributed by atoms with Gasteiger partial charge in [-0.1, -0.05) is 0 Å². The number of hydrogen-bond donors (Lipinski definition) is 0. The topological polar surface area (TPSA) is 70.4 Å². The molecule has 0 N–H and O–H groups in total. The molecule has 2 rings (SSSR count). The summed E-state index contributed by atoms with van der Waals surface area (Å²) in [5, 5.41) is 4.21. The molecular formula is C14H20N2O4. The Bertz CT molecular complexity index is 540. The molecule has 0 fully saturated rings. The number of esters is 2. The predicted molar refractivity (Wildman–Crippen MR) is 71.4 cm³/mol. The molecule has 1 heterocycles. The third-order valence-corrected chi connectivity index (χ3v) is 3.08. The summed E-state index contributed by atoms with van der Waals surface area (Å²) in [7, 11) is 1.33. The van der Waals surface area contributed by atoms with Gasteiger partial charge < -0.3 is 9.47 Å². The van der Waals surface area contributed by atoms with E-state index in [0.717, 1.165) is 30.5 Å². The Morgan fingerprint density at radius 1 is 1.30 bits per heavy atom. The van der Waals surface area contributed by atoms with Crippen molar-refractivity contribution in [2.45, 2.75) is 52.2 Å². The van der Waals surface area contributed by atoms with Crippen molar-refractivity contribution in [2.75, 3.05) is 7.11 Å². The molecule has 0 bridgehead atoms. The van der Waals surface area contributed by atoms with Crippen molar-refractivity contribution >= 4 is 11.9 Å². The highest BCUT2D eigenvalue weighted by molar-refractivity contribution is 5.89. The number of aromatic nitrogens is 2.